The summed E-state index contributed by atoms with van der Waals surface area (Å²) in [4.78, 5) is 11.1. The highest BCUT2D eigenvalue weighted by Gasteiger charge is 2.36. The molecule has 0 radical (unpaired) electrons. The van der Waals surface area contributed by atoms with Gasteiger partial charge in [-0.3, -0.25) is 4.79 Å². The minimum absolute atomic E-state index is 0.135. The summed E-state index contributed by atoms with van der Waals surface area (Å²) in [5, 5.41) is 8.89. The Morgan fingerprint density at radius 3 is 2.45 bits per heavy atom. The van der Waals surface area contributed by atoms with Crippen LogP contribution in [-0.2, 0) is 14.8 Å². The second-order valence-electron chi connectivity index (χ2n) is 5.33. The molecule has 1 atom stereocenters. The van der Waals surface area contributed by atoms with Gasteiger partial charge in [0.2, 0.25) is 10.0 Å². The topological polar surface area (TPSA) is 74.7 Å². The number of rotatable bonds is 4. The number of carboxylic acids is 1. The number of hydrogen-bond donors (Lipinski definition) is 1. The molecular weight excluding hydrogens is 278 g/mol. The molecule has 1 N–H and O–H groups in total. The maximum absolute atomic E-state index is 12.7. The van der Waals surface area contributed by atoms with Gasteiger partial charge >= 0.3 is 5.97 Å². The van der Waals surface area contributed by atoms with Crippen LogP contribution >= 0.6 is 0 Å². The van der Waals surface area contributed by atoms with Gasteiger partial charge in [0.1, 0.15) is 0 Å². The minimum Gasteiger partial charge on any atom is -0.481 e. The largest absolute Gasteiger partial charge is 0.481 e. The fraction of sp³-hybridized carbons (Fsp3) is 0.500. The van der Waals surface area contributed by atoms with E-state index < -0.39 is 22.0 Å². The number of aliphatic carboxylic acids is 1. The lowest BCUT2D eigenvalue weighted by atomic mass is 10.2. The zero-order chi connectivity index (χ0) is 14.9. The van der Waals surface area contributed by atoms with Crippen LogP contribution in [0.4, 0.5) is 0 Å². The van der Waals surface area contributed by atoms with E-state index in [-0.39, 0.29) is 11.3 Å². The minimum atomic E-state index is -3.61. The Kier molecular flexibility index (Phi) is 4.15. The third-order valence-electron chi connectivity index (χ3n) is 3.54. The standard InChI is InChI=1S/C14H19NO4S/c1-10-6-11(2)8-13(7-10)20(18,19)15-5-3-4-12(15)9-14(16)17/h6-8,12H,3-5,9H2,1-2H3,(H,16,17). The number of carbonyl (C=O) groups is 1. The predicted molar refractivity (Wildman–Crippen MR) is 75.1 cm³/mol. The van der Waals surface area contributed by atoms with Gasteiger partial charge in [-0.1, -0.05) is 6.07 Å². The van der Waals surface area contributed by atoms with Crippen molar-refractivity contribution in [3.63, 3.8) is 0 Å². The maximum atomic E-state index is 12.7. The molecule has 0 saturated carbocycles. The quantitative estimate of drug-likeness (QED) is 0.921. The van der Waals surface area contributed by atoms with Crippen molar-refractivity contribution >= 4 is 16.0 Å². The lowest BCUT2D eigenvalue weighted by Crippen LogP contribution is -2.36. The average molecular weight is 297 g/mol. The Hall–Kier alpha value is -1.40. The van der Waals surface area contributed by atoms with Crippen LogP contribution in [0.25, 0.3) is 0 Å². The van der Waals surface area contributed by atoms with Crippen molar-refractivity contribution in [2.75, 3.05) is 6.54 Å². The fourth-order valence-electron chi connectivity index (χ4n) is 2.75. The molecule has 0 aromatic heterocycles. The van der Waals surface area contributed by atoms with Crippen LogP contribution in [0, 0.1) is 13.8 Å². The van der Waals surface area contributed by atoms with Gasteiger partial charge in [0.05, 0.1) is 11.3 Å². The molecular formula is C14H19NO4S. The summed E-state index contributed by atoms with van der Waals surface area (Å²) in [6, 6.07) is 4.76. The van der Waals surface area contributed by atoms with Crippen LogP contribution in [0.1, 0.15) is 30.4 Å². The van der Waals surface area contributed by atoms with E-state index in [1.807, 2.05) is 19.9 Å². The third-order valence-corrected chi connectivity index (χ3v) is 5.46. The molecule has 1 aromatic rings. The van der Waals surface area contributed by atoms with Crippen LogP contribution in [-0.4, -0.2) is 36.4 Å². The number of hydrogen-bond acceptors (Lipinski definition) is 3. The highest BCUT2D eigenvalue weighted by molar-refractivity contribution is 7.89. The van der Waals surface area contributed by atoms with Crippen molar-refractivity contribution in [2.45, 2.75) is 44.0 Å². The van der Waals surface area contributed by atoms with E-state index >= 15 is 0 Å². The molecule has 0 amide bonds. The zero-order valence-electron chi connectivity index (χ0n) is 11.7. The molecule has 0 bridgehead atoms. The third kappa shape index (κ3) is 3.02. The fourth-order valence-corrected chi connectivity index (χ4v) is 4.63. The average Bonchev–Trinajstić information content (AvgIpc) is 2.75. The van der Waals surface area contributed by atoms with Crippen LogP contribution in [0.5, 0.6) is 0 Å². The highest BCUT2D eigenvalue weighted by Crippen LogP contribution is 2.28. The van der Waals surface area contributed by atoms with E-state index in [4.69, 9.17) is 5.11 Å². The molecule has 1 aromatic carbocycles. The number of sulfonamides is 1. The number of carboxylic acid groups (broad SMARTS) is 1. The van der Waals surface area contributed by atoms with Gasteiger partial charge in [-0.15, -0.1) is 0 Å². The Balaban J connectivity index is 2.36. The number of nitrogens with zero attached hydrogens (tertiary/aromatic N) is 1. The monoisotopic (exact) mass is 297 g/mol. The van der Waals surface area contributed by atoms with Crippen LogP contribution in [0.2, 0.25) is 0 Å². The van der Waals surface area contributed by atoms with Crippen molar-refractivity contribution in [1.82, 2.24) is 4.31 Å². The Morgan fingerprint density at radius 2 is 1.90 bits per heavy atom. The molecule has 0 aliphatic carbocycles. The molecule has 1 saturated heterocycles. The van der Waals surface area contributed by atoms with E-state index in [0.717, 1.165) is 11.1 Å². The lowest BCUT2D eigenvalue weighted by Gasteiger charge is -2.23. The van der Waals surface area contributed by atoms with Gasteiger partial charge in [-0.25, -0.2) is 8.42 Å². The predicted octanol–water partition coefficient (Wildman–Crippen LogP) is 1.93. The second-order valence-corrected chi connectivity index (χ2v) is 7.22. The van der Waals surface area contributed by atoms with Crippen molar-refractivity contribution in [1.29, 1.82) is 0 Å². The summed E-state index contributed by atoms with van der Waals surface area (Å²) in [6.07, 6.45) is 1.18. The van der Waals surface area contributed by atoms with Gasteiger partial charge in [-0.05, 0) is 49.9 Å². The van der Waals surface area contributed by atoms with Crippen LogP contribution in [0.3, 0.4) is 0 Å². The van der Waals surface area contributed by atoms with E-state index in [1.54, 1.807) is 12.1 Å². The highest BCUT2D eigenvalue weighted by atomic mass is 32.2. The lowest BCUT2D eigenvalue weighted by molar-refractivity contribution is -0.137. The summed E-state index contributed by atoms with van der Waals surface area (Å²) in [7, 11) is -3.61. The van der Waals surface area contributed by atoms with Gasteiger partial charge < -0.3 is 5.11 Å². The van der Waals surface area contributed by atoms with Gasteiger partial charge in [0.15, 0.2) is 0 Å². The first-order valence-electron chi connectivity index (χ1n) is 6.62. The zero-order valence-corrected chi connectivity index (χ0v) is 12.5. The van der Waals surface area contributed by atoms with Gasteiger partial charge in [0, 0.05) is 12.6 Å². The molecule has 1 unspecified atom stereocenters. The van der Waals surface area contributed by atoms with Crippen molar-refractivity contribution < 1.29 is 18.3 Å². The molecule has 110 valence electrons. The van der Waals surface area contributed by atoms with E-state index in [1.165, 1.54) is 4.31 Å². The summed E-state index contributed by atoms with van der Waals surface area (Å²) in [6.45, 7) is 4.10. The molecule has 1 heterocycles. The summed E-state index contributed by atoms with van der Waals surface area (Å²) in [5.74, 6) is -0.961. The first kappa shape index (κ1) is 15.0. The Bertz CT molecular complexity index is 604. The Labute approximate surface area is 119 Å². The van der Waals surface area contributed by atoms with E-state index in [9.17, 15) is 13.2 Å². The summed E-state index contributed by atoms with van der Waals surface area (Å²) in [5.41, 5.74) is 1.77. The van der Waals surface area contributed by atoms with Gasteiger partial charge in [0.25, 0.3) is 0 Å². The maximum Gasteiger partial charge on any atom is 0.304 e. The molecule has 1 fully saturated rings. The van der Waals surface area contributed by atoms with Gasteiger partial charge in [-0.2, -0.15) is 4.31 Å². The second kappa shape index (κ2) is 5.54. The normalized spacial score (nSPS) is 20.2. The van der Waals surface area contributed by atoms with Crippen molar-refractivity contribution in [3.05, 3.63) is 29.3 Å². The first-order chi connectivity index (χ1) is 9.30. The molecule has 0 spiro atoms. The smallest absolute Gasteiger partial charge is 0.304 e. The number of benzene rings is 1. The molecule has 6 heteroatoms. The number of aryl methyl sites for hydroxylation is 2. The van der Waals surface area contributed by atoms with E-state index in [0.29, 0.717) is 19.4 Å². The SMILES string of the molecule is Cc1cc(C)cc(S(=O)(=O)N2CCCC2CC(=O)O)c1. The molecule has 1 aliphatic rings. The first-order valence-corrected chi connectivity index (χ1v) is 8.06. The summed E-state index contributed by atoms with van der Waals surface area (Å²) < 4.78 is 26.7. The molecule has 5 nitrogen and oxygen atoms in total. The summed E-state index contributed by atoms with van der Waals surface area (Å²) >= 11 is 0. The molecule has 1 aliphatic heterocycles. The Morgan fingerprint density at radius 1 is 1.30 bits per heavy atom. The van der Waals surface area contributed by atoms with Crippen molar-refractivity contribution in [2.24, 2.45) is 0 Å². The van der Waals surface area contributed by atoms with Crippen molar-refractivity contribution in [3.8, 4) is 0 Å². The van der Waals surface area contributed by atoms with Crippen LogP contribution < -0.4 is 0 Å². The molecule has 20 heavy (non-hydrogen) atoms. The molecule has 2 rings (SSSR count). The van der Waals surface area contributed by atoms with E-state index in [2.05, 4.69) is 0 Å². The van der Waals surface area contributed by atoms with Crippen LogP contribution in [0.15, 0.2) is 23.1 Å².